The molecule has 1 aromatic carbocycles. The molecule has 1 aliphatic carbocycles. The zero-order valence-corrected chi connectivity index (χ0v) is 13.3. The van der Waals surface area contributed by atoms with Gasteiger partial charge in [-0.15, -0.1) is 0 Å². The van der Waals surface area contributed by atoms with Crippen molar-refractivity contribution in [2.45, 2.75) is 44.2 Å². The predicted molar refractivity (Wildman–Crippen MR) is 86.7 cm³/mol. The second-order valence-electron chi connectivity index (χ2n) is 6.50. The maximum Gasteiger partial charge on any atom is 0.0896 e. The molecule has 3 rings (SSSR count). The number of hydrogen-bond acceptors (Lipinski definition) is 3. The van der Waals surface area contributed by atoms with Gasteiger partial charge < -0.3 is 15.0 Å². The first kappa shape index (κ1) is 15.0. The van der Waals surface area contributed by atoms with Crippen LogP contribution in [-0.2, 0) is 4.74 Å². The molecule has 3 nitrogen and oxygen atoms in total. The maximum absolute atomic E-state index is 6.02. The van der Waals surface area contributed by atoms with Crippen LogP contribution in [0.1, 0.15) is 49.3 Å². The fourth-order valence-electron chi connectivity index (χ4n) is 3.41. The molecule has 1 aromatic rings. The molecule has 0 amide bonds. The Morgan fingerprint density at radius 2 is 2.05 bits per heavy atom. The number of benzene rings is 1. The molecule has 0 radical (unpaired) electrons. The van der Waals surface area contributed by atoms with Crippen LogP contribution in [0.2, 0.25) is 0 Å². The summed E-state index contributed by atoms with van der Waals surface area (Å²) in [7, 11) is 2.18. The van der Waals surface area contributed by atoms with E-state index in [2.05, 4.69) is 48.5 Å². The number of nitrogens with one attached hydrogen (secondary N) is 1. The van der Waals surface area contributed by atoms with Gasteiger partial charge in [-0.2, -0.15) is 0 Å². The highest BCUT2D eigenvalue weighted by molar-refractivity contribution is 5.29. The third-order valence-corrected chi connectivity index (χ3v) is 4.96. The Labute approximate surface area is 128 Å². The first-order chi connectivity index (χ1) is 10.3. The van der Waals surface area contributed by atoms with E-state index in [0.717, 1.165) is 32.2 Å². The zero-order chi connectivity index (χ0) is 14.7. The molecule has 1 heterocycles. The topological polar surface area (TPSA) is 24.5 Å². The lowest BCUT2D eigenvalue weighted by atomic mass is 9.79. The minimum absolute atomic E-state index is 0.248. The van der Waals surface area contributed by atoms with Crippen LogP contribution in [0.15, 0.2) is 24.3 Å². The number of likely N-dealkylation sites (N-methyl/N-ethyl adjacent to an activating group) is 2. The summed E-state index contributed by atoms with van der Waals surface area (Å²) in [5, 5.41) is 3.61. The molecule has 2 atom stereocenters. The molecule has 0 bridgehead atoms. The summed E-state index contributed by atoms with van der Waals surface area (Å²) in [5.41, 5.74) is 2.88. The highest BCUT2D eigenvalue weighted by Gasteiger charge is 2.28. The van der Waals surface area contributed by atoms with Gasteiger partial charge in [-0.05, 0) is 43.5 Å². The summed E-state index contributed by atoms with van der Waals surface area (Å²) >= 11 is 0. The molecule has 0 aromatic heterocycles. The average molecular weight is 288 g/mol. The van der Waals surface area contributed by atoms with Gasteiger partial charge in [0, 0.05) is 13.1 Å². The van der Waals surface area contributed by atoms with Gasteiger partial charge in [0.15, 0.2) is 0 Å². The Kier molecular flexibility index (Phi) is 4.94. The standard InChI is InChI=1S/C18H28N2O/c1-3-19-18(17-13-20(2)11-12-21-17)16-9-7-15(8-10-16)14-5-4-6-14/h7-10,14,17-19H,3-6,11-13H2,1-2H3. The molecular formula is C18H28N2O. The van der Waals surface area contributed by atoms with Gasteiger partial charge >= 0.3 is 0 Å². The van der Waals surface area contributed by atoms with Gasteiger partial charge in [0.25, 0.3) is 0 Å². The van der Waals surface area contributed by atoms with E-state index in [1.54, 1.807) is 0 Å². The molecule has 1 aliphatic heterocycles. The minimum atomic E-state index is 0.248. The maximum atomic E-state index is 6.02. The Hall–Kier alpha value is -0.900. The Morgan fingerprint density at radius 1 is 1.29 bits per heavy atom. The van der Waals surface area contributed by atoms with Crippen LogP contribution in [-0.4, -0.2) is 44.3 Å². The second-order valence-corrected chi connectivity index (χ2v) is 6.50. The van der Waals surface area contributed by atoms with Crippen molar-refractivity contribution < 1.29 is 4.74 Å². The quantitative estimate of drug-likeness (QED) is 0.901. The van der Waals surface area contributed by atoms with Gasteiger partial charge in [0.05, 0.1) is 18.8 Å². The zero-order valence-electron chi connectivity index (χ0n) is 13.3. The lowest BCUT2D eigenvalue weighted by Gasteiger charge is -2.36. The summed E-state index contributed by atoms with van der Waals surface area (Å²) in [6.07, 6.45) is 4.38. The van der Waals surface area contributed by atoms with Crippen molar-refractivity contribution >= 4 is 0 Å². The van der Waals surface area contributed by atoms with Gasteiger partial charge in [-0.3, -0.25) is 0 Å². The van der Waals surface area contributed by atoms with E-state index in [0.29, 0.717) is 6.04 Å². The fourth-order valence-corrected chi connectivity index (χ4v) is 3.41. The highest BCUT2D eigenvalue weighted by atomic mass is 16.5. The molecular weight excluding hydrogens is 260 g/mol. The van der Waals surface area contributed by atoms with Gasteiger partial charge in [-0.25, -0.2) is 0 Å². The van der Waals surface area contributed by atoms with Crippen LogP contribution in [0.25, 0.3) is 0 Å². The SMILES string of the molecule is CCNC(c1ccc(C2CCC2)cc1)C1CN(C)CCO1. The molecule has 0 spiro atoms. The molecule has 21 heavy (non-hydrogen) atoms. The molecule has 2 unspecified atom stereocenters. The summed E-state index contributed by atoms with van der Waals surface area (Å²) < 4.78 is 6.02. The van der Waals surface area contributed by atoms with Gasteiger partial charge in [0.1, 0.15) is 0 Å². The Morgan fingerprint density at radius 3 is 2.62 bits per heavy atom. The number of ether oxygens (including phenoxy) is 1. The molecule has 116 valence electrons. The molecule has 3 heteroatoms. The fraction of sp³-hybridized carbons (Fsp3) is 0.667. The van der Waals surface area contributed by atoms with E-state index < -0.39 is 0 Å². The monoisotopic (exact) mass is 288 g/mol. The van der Waals surface area contributed by atoms with Crippen molar-refractivity contribution in [2.24, 2.45) is 0 Å². The van der Waals surface area contributed by atoms with Crippen molar-refractivity contribution in [3.8, 4) is 0 Å². The number of nitrogens with zero attached hydrogens (tertiary/aromatic N) is 1. The largest absolute Gasteiger partial charge is 0.374 e. The van der Waals surface area contributed by atoms with Crippen molar-refractivity contribution in [3.05, 3.63) is 35.4 Å². The Bertz CT molecular complexity index is 441. The lowest BCUT2D eigenvalue weighted by molar-refractivity contribution is -0.0390. The van der Waals surface area contributed by atoms with E-state index in [1.807, 2.05) is 0 Å². The summed E-state index contributed by atoms with van der Waals surface area (Å²) in [4.78, 5) is 2.36. The van der Waals surface area contributed by atoms with Crippen molar-refractivity contribution in [1.29, 1.82) is 0 Å². The highest BCUT2D eigenvalue weighted by Crippen LogP contribution is 2.36. The van der Waals surface area contributed by atoms with E-state index in [9.17, 15) is 0 Å². The van der Waals surface area contributed by atoms with Crippen LogP contribution >= 0.6 is 0 Å². The summed E-state index contributed by atoms with van der Waals surface area (Å²) in [6, 6.07) is 9.57. The third kappa shape index (κ3) is 3.47. The lowest BCUT2D eigenvalue weighted by Crippen LogP contribution is -2.46. The van der Waals surface area contributed by atoms with Crippen LogP contribution in [0.5, 0.6) is 0 Å². The number of hydrogen-bond donors (Lipinski definition) is 1. The molecule has 2 aliphatic rings. The van der Waals surface area contributed by atoms with Gasteiger partial charge in [0.2, 0.25) is 0 Å². The van der Waals surface area contributed by atoms with E-state index in [4.69, 9.17) is 4.74 Å². The van der Waals surface area contributed by atoms with Crippen LogP contribution < -0.4 is 5.32 Å². The number of morpholine rings is 1. The van der Waals surface area contributed by atoms with Crippen LogP contribution in [0.4, 0.5) is 0 Å². The minimum Gasteiger partial charge on any atom is -0.374 e. The van der Waals surface area contributed by atoms with E-state index in [-0.39, 0.29) is 6.10 Å². The number of rotatable bonds is 5. The second kappa shape index (κ2) is 6.91. The Balaban J connectivity index is 1.72. The van der Waals surface area contributed by atoms with E-state index in [1.165, 1.54) is 30.4 Å². The van der Waals surface area contributed by atoms with Crippen LogP contribution in [0, 0.1) is 0 Å². The molecule has 1 N–H and O–H groups in total. The molecule has 2 fully saturated rings. The van der Waals surface area contributed by atoms with Crippen molar-refractivity contribution in [3.63, 3.8) is 0 Å². The smallest absolute Gasteiger partial charge is 0.0896 e. The average Bonchev–Trinajstić information content (AvgIpc) is 2.44. The van der Waals surface area contributed by atoms with Crippen LogP contribution in [0.3, 0.4) is 0 Å². The molecule has 1 saturated heterocycles. The summed E-state index contributed by atoms with van der Waals surface area (Å²) in [5.74, 6) is 0.814. The normalized spacial score (nSPS) is 25.5. The summed E-state index contributed by atoms with van der Waals surface area (Å²) in [6.45, 7) is 6.02. The van der Waals surface area contributed by atoms with Gasteiger partial charge in [-0.1, -0.05) is 37.6 Å². The van der Waals surface area contributed by atoms with Crippen molar-refractivity contribution in [2.75, 3.05) is 33.3 Å². The molecule has 1 saturated carbocycles. The first-order valence-electron chi connectivity index (χ1n) is 8.41. The van der Waals surface area contributed by atoms with Crippen molar-refractivity contribution in [1.82, 2.24) is 10.2 Å². The predicted octanol–water partition coefficient (Wildman–Crippen LogP) is 2.94. The van der Waals surface area contributed by atoms with E-state index >= 15 is 0 Å². The first-order valence-corrected chi connectivity index (χ1v) is 8.41. The third-order valence-electron chi connectivity index (χ3n) is 4.96.